The Kier molecular flexibility index (Phi) is 4.80. The number of hydrogen-bond acceptors (Lipinski definition) is 2. The quantitative estimate of drug-likeness (QED) is 0.696. The fourth-order valence-corrected chi connectivity index (χ4v) is 1.58. The number of hydrogen-bond donors (Lipinski definition) is 0. The van der Waals surface area contributed by atoms with Crippen LogP contribution >= 0.6 is 11.8 Å². The molecule has 3 heteroatoms. The molecule has 0 unspecified atom stereocenters. The Bertz CT molecular complexity index is 289. The third-order valence-electron chi connectivity index (χ3n) is 1.85. The lowest BCUT2D eigenvalue weighted by Crippen LogP contribution is -2.02. The van der Waals surface area contributed by atoms with Crippen LogP contribution in [0.1, 0.15) is 12.5 Å². The summed E-state index contributed by atoms with van der Waals surface area (Å²) in [7, 11) is 0. The minimum Gasteiger partial charge on any atom is -0.490 e. The Hall–Kier alpha value is -0.700. The van der Waals surface area contributed by atoms with Gasteiger partial charge in [-0.05, 0) is 24.3 Å². The number of thioether (sulfide) groups is 1. The molecule has 14 heavy (non-hydrogen) atoms. The van der Waals surface area contributed by atoms with Gasteiger partial charge in [-0.1, -0.05) is 19.1 Å². The summed E-state index contributed by atoms with van der Waals surface area (Å²) in [5.74, 6) is 2.10. The van der Waals surface area contributed by atoms with Gasteiger partial charge in [-0.2, -0.15) is 11.8 Å². The van der Waals surface area contributed by atoms with Gasteiger partial charge in [0.25, 0.3) is 0 Å². The summed E-state index contributed by atoms with van der Waals surface area (Å²) in [4.78, 5) is 0. The summed E-state index contributed by atoms with van der Waals surface area (Å²) in [6.07, 6.45) is 0. The number of halogens is 1. The van der Waals surface area contributed by atoms with Crippen LogP contribution in [0.5, 0.6) is 5.75 Å². The molecule has 0 N–H and O–H groups in total. The standard InChI is InChI=1S/C11H15FOS/c1-3-14-8-7-13-10-6-4-5-9(2)11(10)12/h4-6H,3,7-8H2,1-2H3. The van der Waals surface area contributed by atoms with Gasteiger partial charge in [-0.25, -0.2) is 4.39 Å². The lowest BCUT2D eigenvalue weighted by atomic mass is 10.2. The van der Waals surface area contributed by atoms with Crippen LogP contribution in [0.15, 0.2) is 18.2 Å². The molecule has 0 saturated carbocycles. The van der Waals surface area contributed by atoms with E-state index in [0.717, 1.165) is 11.5 Å². The molecule has 0 aliphatic carbocycles. The van der Waals surface area contributed by atoms with Gasteiger partial charge in [0.05, 0.1) is 6.61 Å². The number of ether oxygens (including phenoxy) is 1. The molecule has 0 aliphatic rings. The maximum atomic E-state index is 13.4. The van der Waals surface area contributed by atoms with Gasteiger partial charge in [-0.3, -0.25) is 0 Å². The molecule has 0 radical (unpaired) electrons. The lowest BCUT2D eigenvalue weighted by molar-refractivity contribution is 0.324. The summed E-state index contributed by atoms with van der Waals surface area (Å²) in [5.41, 5.74) is 0.630. The molecule has 0 spiro atoms. The second-order valence-corrected chi connectivity index (χ2v) is 4.33. The third-order valence-corrected chi connectivity index (χ3v) is 2.71. The molecule has 1 rings (SSSR count). The Morgan fingerprint density at radius 3 is 2.93 bits per heavy atom. The first kappa shape index (κ1) is 11.4. The molecular formula is C11H15FOS. The van der Waals surface area contributed by atoms with Crippen LogP contribution in [-0.4, -0.2) is 18.1 Å². The summed E-state index contributed by atoms with van der Waals surface area (Å²) < 4.78 is 18.7. The number of aryl methyl sites for hydroxylation is 1. The van der Waals surface area contributed by atoms with Crippen molar-refractivity contribution in [1.29, 1.82) is 0 Å². The topological polar surface area (TPSA) is 9.23 Å². The van der Waals surface area contributed by atoms with Crippen LogP contribution in [0, 0.1) is 12.7 Å². The first-order valence-electron chi connectivity index (χ1n) is 4.71. The SMILES string of the molecule is CCSCCOc1cccc(C)c1F. The summed E-state index contributed by atoms with van der Waals surface area (Å²) in [6, 6.07) is 5.21. The monoisotopic (exact) mass is 214 g/mol. The molecule has 0 fully saturated rings. The summed E-state index contributed by atoms with van der Waals surface area (Å²) in [5, 5.41) is 0. The molecule has 1 aromatic rings. The Morgan fingerprint density at radius 1 is 1.43 bits per heavy atom. The van der Waals surface area contributed by atoms with Crippen molar-refractivity contribution < 1.29 is 9.13 Å². The van der Waals surface area contributed by atoms with E-state index in [1.807, 2.05) is 0 Å². The summed E-state index contributed by atoms with van der Waals surface area (Å²) in [6.45, 7) is 4.40. The van der Waals surface area contributed by atoms with Crippen LogP contribution in [0.2, 0.25) is 0 Å². The van der Waals surface area contributed by atoms with Crippen LogP contribution < -0.4 is 4.74 Å². The Morgan fingerprint density at radius 2 is 2.21 bits per heavy atom. The number of benzene rings is 1. The van der Waals surface area contributed by atoms with Gasteiger partial charge in [-0.15, -0.1) is 0 Å². The first-order valence-corrected chi connectivity index (χ1v) is 5.86. The van der Waals surface area contributed by atoms with Crippen molar-refractivity contribution in [2.24, 2.45) is 0 Å². The maximum Gasteiger partial charge on any atom is 0.167 e. The van der Waals surface area contributed by atoms with Crippen molar-refractivity contribution in [3.05, 3.63) is 29.6 Å². The second kappa shape index (κ2) is 5.91. The van der Waals surface area contributed by atoms with E-state index in [4.69, 9.17) is 4.74 Å². The molecular weight excluding hydrogens is 199 g/mol. The molecule has 78 valence electrons. The highest BCUT2D eigenvalue weighted by atomic mass is 32.2. The van der Waals surface area contributed by atoms with Gasteiger partial charge in [0, 0.05) is 5.75 Å². The predicted octanol–water partition coefficient (Wildman–Crippen LogP) is 3.27. The zero-order chi connectivity index (χ0) is 10.4. The molecule has 0 atom stereocenters. The highest BCUT2D eigenvalue weighted by molar-refractivity contribution is 7.99. The van der Waals surface area contributed by atoms with Gasteiger partial charge in [0.1, 0.15) is 0 Å². The van der Waals surface area contributed by atoms with E-state index in [1.165, 1.54) is 0 Å². The van der Waals surface area contributed by atoms with E-state index in [9.17, 15) is 4.39 Å². The molecule has 1 aromatic carbocycles. The van der Waals surface area contributed by atoms with Crippen molar-refractivity contribution >= 4 is 11.8 Å². The third kappa shape index (κ3) is 3.22. The van der Waals surface area contributed by atoms with Gasteiger partial charge >= 0.3 is 0 Å². The molecule has 0 aliphatic heterocycles. The van der Waals surface area contributed by atoms with E-state index >= 15 is 0 Å². The Balaban J connectivity index is 2.46. The fourth-order valence-electron chi connectivity index (χ4n) is 1.09. The fraction of sp³-hybridized carbons (Fsp3) is 0.455. The number of rotatable bonds is 5. The van der Waals surface area contributed by atoms with Crippen molar-refractivity contribution in [3.63, 3.8) is 0 Å². The summed E-state index contributed by atoms with van der Waals surface area (Å²) >= 11 is 1.79. The predicted molar refractivity (Wildman–Crippen MR) is 59.6 cm³/mol. The zero-order valence-corrected chi connectivity index (χ0v) is 9.36. The van der Waals surface area contributed by atoms with Crippen molar-refractivity contribution in [2.75, 3.05) is 18.1 Å². The highest BCUT2D eigenvalue weighted by Crippen LogP contribution is 2.19. The normalized spacial score (nSPS) is 10.2. The van der Waals surface area contributed by atoms with Gasteiger partial charge < -0.3 is 4.74 Å². The molecule has 0 amide bonds. The van der Waals surface area contributed by atoms with Gasteiger partial charge in [0.15, 0.2) is 11.6 Å². The maximum absolute atomic E-state index is 13.4. The van der Waals surface area contributed by atoms with Crippen LogP contribution in [0.4, 0.5) is 4.39 Å². The second-order valence-electron chi connectivity index (χ2n) is 2.93. The van der Waals surface area contributed by atoms with Crippen molar-refractivity contribution in [1.82, 2.24) is 0 Å². The zero-order valence-electron chi connectivity index (χ0n) is 8.55. The van der Waals surface area contributed by atoms with E-state index in [2.05, 4.69) is 6.92 Å². The van der Waals surface area contributed by atoms with E-state index < -0.39 is 0 Å². The van der Waals surface area contributed by atoms with Crippen LogP contribution in [0.3, 0.4) is 0 Å². The smallest absolute Gasteiger partial charge is 0.167 e. The largest absolute Gasteiger partial charge is 0.490 e. The average Bonchev–Trinajstić information content (AvgIpc) is 2.19. The van der Waals surface area contributed by atoms with Crippen LogP contribution in [-0.2, 0) is 0 Å². The highest BCUT2D eigenvalue weighted by Gasteiger charge is 2.04. The molecule has 0 aromatic heterocycles. The Labute approximate surface area is 88.7 Å². The van der Waals surface area contributed by atoms with E-state index in [-0.39, 0.29) is 5.82 Å². The molecule has 0 saturated heterocycles. The van der Waals surface area contributed by atoms with Crippen molar-refractivity contribution in [3.8, 4) is 5.75 Å². The first-order chi connectivity index (χ1) is 6.75. The van der Waals surface area contributed by atoms with E-state index in [1.54, 1.807) is 36.9 Å². The molecule has 1 nitrogen and oxygen atoms in total. The van der Waals surface area contributed by atoms with Crippen LogP contribution in [0.25, 0.3) is 0 Å². The minimum absolute atomic E-state index is 0.242. The average molecular weight is 214 g/mol. The van der Waals surface area contributed by atoms with Gasteiger partial charge in [0.2, 0.25) is 0 Å². The lowest BCUT2D eigenvalue weighted by Gasteiger charge is -2.07. The van der Waals surface area contributed by atoms with Crippen molar-refractivity contribution in [2.45, 2.75) is 13.8 Å². The minimum atomic E-state index is -0.242. The van der Waals surface area contributed by atoms with E-state index in [0.29, 0.717) is 17.9 Å². The molecule has 0 bridgehead atoms. The molecule has 0 heterocycles.